The molecule has 4 N–H and O–H groups in total. The van der Waals surface area contributed by atoms with Crippen molar-refractivity contribution in [2.45, 2.75) is 39.8 Å². The molecule has 1 aromatic rings. The monoisotopic (exact) mass is 226 g/mol. The Kier molecular flexibility index (Phi) is 4.24. The first kappa shape index (κ1) is 12.4. The Hall–Kier alpha value is -1.63. The zero-order chi connectivity index (χ0) is 12.1. The number of hydrogen-bond donors (Lipinski definition) is 3. The van der Waals surface area contributed by atoms with Crippen molar-refractivity contribution in [3.8, 4) is 6.01 Å². The molecular weight excluding hydrogens is 208 g/mol. The highest BCUT2D eigenvalue weighted by Crippen LogP contribution is 2.12. The average Bonchev–Trinajstić information content (AvgIpc) is 2.14. The van der Waals surface area contributed by atoms with E-state index in [1.165, 1.54) is 0 Å². The first-order valence-electron chi connectivity index (χ1n) is 5.17. The third kappa shape index (κ3) is 3.85. The Morgan fingerprint density at radius 1 is 1.06 bits per heavy atom. The maximum Gasteiger partial charge on any atom is 0.323 e. The summed E-state index contributed by atoms with van der Waals surface area (Å²) in [5, 5.41) is 3.06. The van der Waals surface area contributed by atoms with Gasteiger partial charge in [-0.3, -0.25) is 5.43 Å². The smallest absolute Gasteiger partial charge is 0.323 e. The van der Waals surface area contributed by atoms with E-state index < -0.39 is 0 Å². The van der Waals surface area contributed by atoms with Crippen LogP contribution in [0.1, 0.15) is 27.7 Å². The van der Waals surface area contributed by atoms with Crippen molar-refractivity contribution in [1.82, 2.24) is 15.0 Å². The molecule has 1 heterocycles. The summed E-state index contributed by atoms with van der Waals surface area (Å²) in [6.45, 7) is 7.77. The third-order valence-corrected chi connectivity index (χ3v) is 1.50. The zero-order valence-electron chi connectivity index (χ0n) is 9.98. The second-order valence-electron chi connectivity index (χ2n) is 3.88. The summed E-state index contributed by atoms with van der Waals surface area (Å²) < 4.78 is 5.38. The van der Waals surface area contributed by atoms with Crippen LogP contribution < -0.4 is 21.3 Å². The van der Waals surface area contributed by atoms with Gasteiger partial charge in [0.2, 0.25) is 11.9 Å². The fourth-order valence-corrected chi connectivity index (χ4v) is 1.01. The van der Waals surface area contributed by atoms with E-state index in [1.807, 2.05) is 27.7 Å². The molecule has 90 valence electrons. The predicted molar refractivity (Wildman–Crippen MR) is 62.2 cm³/mol. The van der Waals surface area contributed by atoms with Gasteiger partial charge in [-0.1, -0.05) is 0 Å². The predicted octanol–water partition coefficient (Wildman–Crippen LogP) is 0.765. The summed E-state index contributed by atoms with van der Waals surface area (Å²) in [4.78, 5) is 12.1. The molecule has 0 aliphatic carbocycles. The van der Waals surface area contributed by atoms with Crippen LogP contribution in [0.2, 0.25) is 0 Å². The summed E-state index contributed by atoms with van der Waals surface area (Å²) in [6.07, 6.45) is -0.0000699. The van der Waals surface area contributed by atoms with Crippen molar-refractivity contribution in [1.29, 1.82) is 0 Å². The maximum atomic E-state index is 5.38. The molecule has 0 amide bonds. The largest absolute Gasteiger partial charge is 0.461 e. The first-order valence-corrected chi connectivity index (χ1v) is 5.17. The highest BCUT2D eigenvalue weighted by Gasteiger charge is 2.08. The van der Waals surface area contributed by atoms with Crippen LogP contribution >= 0.6 is 0 Å². The van der Waals surface area contributed by atoms with Gasteiger partial charge >= 0.3 is 6.01 Å². The first-order chi connectivity index (χ1) is 7.51. The number of ether oxygens (including phenoxy) is 1. The molecule has 0 saturated heterocycles. The van der Waals surface area contributed by atoms with E-state index in [0.717, 1.165) is 0 Å². The number of hydrogen-bond acceptors (Lipinski definition) is 7. The number of hydrazine groups is 1. The van der Waals surface area contributed by atoms with E-state index in [1.54, 1.807) is 0 Å². The van der Waals surface area contributed by atoms with Crippen LogP contribution in [0.4, 0.5) is 11.9 Å². The van der Waals surface area contributed by atoms with E-state index in [-0.39, 0.29) is 24.1 Å². The van der Waals surface area contributed by atoms with Crippen LogP contribution in [0.5, 0.6) is 6.01 Å². The molecule has 1 aromatic heterocycles. The van der Waals surface area contributed by atoms with E-state index in [9.17, 15) is 0 Å². The van der Waals surface area contributed by atoms with Gasteiger partial charge in [-0.05, 0) is 27.7 Å². The Balaban J connectivity index is 2.91. The second kappa shape index (κ2) is 5.45. The lowest BCUT2D eigenvalue weighted by Crippen LogP contribution is -2.18. The highest BCUT2D eigenvalue weighted by atomic mass is 16.5. The Bertz CT molecular complexity index is 313. The lowest BCUT2D eigenvalue weighted by Gasteiger charge is -2.12. The lowest BCUT2D eigenvalue weighted by atomic mass is 10.4. The molecule has 7 heteroatoms. The topological polar surface area (TPSA) is 98.0 Å². The van der Waals surface area contributed by atoms with Crippen molar-refractivity contribution in [2.75, 3.05) is 10.7 Å². The number of aromatic nitrogens is 3. The number of nitrogen functional groups attached to an aromatic ring is 1. The molecule has 1 rings (SSSR count). The summed E-state index contributed by atoms with van der Waals surface area (Å²) in [5.41, 5.74) is 2.37. The summed E-state index contributed by atoms with van der Waals surface area (Å²) in [7, 11) is 0. The molecule has 0 atom stereocenters. The van der Waals surface area contributed by atoms with Crippen LogP contribution in [0.15, 0.2) is 0 Å². The second-order valence-corrected chi connectivity index (χ2v) is 3.88. The molecule has 16 heavy (non-hydrogen) atoms. The van der Waals surface area contributed by atoms with E-state index in [2.05, 4.69) is 25.7 Å². The van der Waals surface area contributed by atoms with Gasteiger partial charge < -0.3 is 10.1 Å². The number of nitrogens with two attached hydrogens (primary N) is 1. The summed E-state index contributed by atoms with van der Waals surface area (Å²) in [5.74, 6) is 5.97. The number of rotatable bonds is 5. The molecule has 0 radical (unpaired) electrons. The summed E-state index contributed by atoms with van der Waals surface area (Å²) in [6, 6.07) is 0.473. The summed E-state index contributed by atoms with van der Waals surface area (Å²) >= 11 is 0. The van der Waals surface area contributed by atoms with Gasteiger partial charge in [0.1, 0.15) is 0 Å². The molecular formula is C9H18N6O. The van der Waals surface area contributed by atoms with Gasteiger partial charge in [-0.2, -0.15) is 15.0 Å². The molecule has 0 fully saturated rings. The van der Waals surface area contributed by atoms with Crippen LogP contribution in [0.3, 0.4) is 0 Å². The lowest BCUT2D eigenvalue weighted by molar-refractivity contribution is 0.222. The van der Waals surface area contributed by atoms with Crippen molar-refractivity contribution >= 4 is 11.9 Å². The van der Waals surface area contributed by atoms with Crippen molar-refractivity contribution in [2.24, 2.45) is 5.84 Å². The molecule has 0 aromatic carbocycles. The highest BCUT2D eigenvalue weighted by molar-refractivity contribution is 5.35. The van der Waals surface area contributed by atoms with Crippen molar-refractivity contribution in [3.05, 3.63) is 0 Å². The fraction of sp³-hybridized carbons (Fsp3) is 0.667. The minimum atomic E-state index is -0.0000699. The Morgan fingerprint density at radius 3 is 2.19 bits per heavy atom. The van der Waals surface area contributed by atoms with Crippen molar-refractivity contribution in [3.63, 3.8) is 0 Å². The van der Waals surface area contributed by atoms with E-state index >= 15 is 0 Å². The van der Waals surface area contributed by atoms with E-state index in [0.29, 0.717) is 5.95 Å². The van der Waals surface area contributed by atoms with Crippen LogP contribution in [-0.2, 0) is 0 Å². The molecule has 0 spiro atoms. The number of anilines is 2. The SMILES string of the molecule is CC(C)Nc1nc(NN)nc(OC(C)C)n1. The number of nitrogens with zero attached hydrogens (tertiary/aromatic N) is 3. The molecule has 0 unspecified atom stereocenters. The van der Waals surface area contributed by atoms with Gasteiger partial charge in [0.25, 0.3) is 0 Å². The van der Waals surface area contributed by atoms with E-state index in [4.69, 9.17) is 10.6 Å². The molecule has 0 bridgehead atoms. The quantitative estimate of drug-likeness (QED) is 0.503. The Labute approximate surface area is 94.8 Å². The normalized spacial score (nSPS) is 10.7. The van der Waals surface area contributed by atoms with Gasteiger partial charge in [-0.25, -0.2) is 5.84 Å². The average molecular weight is 226 g/mol. The molecule has 0 aliphatic rings. The van der Waals surface area contributed by atoms with Gasteiger partial charge in [-0.15, -0.1) is 0 Å². The number of nitrogens with one attached hydrogen (secondary N) is 2. The molecule has 7 nitrogen and oxygen atoms in total. The minimum Gasteiger partial charge on any atom is -0.461 e. The fourth-order valence-electron chi connectivity index (χ4n) is 1.01. The standard InChI is InChI=1S/C9H18N6O/c1-5(2)11-7-12-8(15-10)14-9(13-7)16-6(3)4/h5-6H,10H2,1-4H3,(H2,11,12,13,14,15). The van der Waals surface area contributed by atoms with Crippen LogP contribution in [-0.4, -0.2) is 27.1 Å². The molecule has 0 saturated carbocycles. The van der Waals surface area contributed by atoms with Gasteiger partial charge in [0.15, 0.2) is 0 Å². The van der Waals surface area contributed by atoms with Crippen LogP contribution in [0.25, 0.3) is 0 Å². The molecule has 0 aliphatic heterocycles. The van der Waals surface area contributed by atoms with Crippen molar-refractivity contribution < 1.29 is 4.74 Å². The van der Waals surface area contributed by atoms with Gasteiger partial charge in [0, 0.05) is 6.04 Å². The van der Waals surface area contributed by atoms with Gasteiger partial charge in [0.05, 0.1) is 6.10 Å². The zero-order valence-corrected chi connectivity index (χ0v) is 9.98. The Morgan fingerprint density at radius 2 is 1.69 bits per heavy atom. The maximum absolute atomic E-state index is 5.38. The van der Waals surface area contributed by atoms with Crippen LogP contribution in [0, 0.1) is 0 Å². The third-order valence-electron chi connectivity index (χ3n) is 1.50. The minimum absolute atomic E-state index is 0.0000699.